The van der Waals surface area contributed by atoms with Gasteiger partial charge in [-0.25, -0.2) is 9.97 Å². The number of nitrogens with two attached hydrogens (primary N) is 1. The lowest BCUT2D eigenvalue weighted by molar-refractivity contribution is 0.0925. The molecule has 1 atom stereocenters. The predicted octanol–water partition coefficient (Wildman–Crippen LogP) is 2.58. The number of nitrogens with zero attached hydrogens (tertiary/aromatic N) is 2. The normalized spacial score (nSPS) is 14.2. The minimum Gasteiger partial charge on any atom is -0.397 e. The van der Waals surface area contributed by atoms with Gasteiger partial charge in [0.25, 0.3) is 0 Å². The topological polar surface area (TPSA) is 72.0 Å². The quantitative estimate of drug-likeness (QED) is 0.828. The standard InChI is InChI=1S/C14H16ClN3O/c1-8-7-9(2)18-13(17-8)14(3,19)10-5-4-6-11(15)12(10)16/h4-7,19H,16H2,1-3H3. The maximum Gasteiger partial charge on any atom is 0.164 e. The summed E-state index contributed by atoms with van der Waals surface area (Å²) in [6, 6.07) is 6.99. The number of benzene rings is 1. The predicted molar refractivity (Wildman–Crippen MR) is 76.0 cm³/mol. The van der Waals surface area contributed by atoms with E-state index < -0.39 is 5.60 Å². The van der Waals surface area contributed by atoms with Crippen LogP contribution in [-0.2, 0) is 5.60 Å². The number of rotatable bonds is 2. The first-order valence-electron chi connectivity index (χ1n) is 5.92. The second-order valence-electron chi connectivity index (χ2n) is 4.75. The molecule has 5 heteroatoms. The van der Waals surface area contributed by atoms with Crippen LogP contribution in [0.1, 0.15) is 29.7 Å². The van der Waals surface area contributed by atoms with Crippen LogP contribution < -0.4 is 5.73 Å². The van der Waals surface area contributed by atoms with Gasteiger partial charge in [-0.05, 0) is 32.9 Å². The highest BCUT2D eigenvalue weighted by Gasteiger charge is 2.31. The van der Waals surface area contributed by atoms with Crippen LogP contribution in [0.25, 0.3) is 0 Å². The van der Waals surface area contributed by atoms with Crippen molar-refractivity contribution >= 4 is 17.3 Å². The van der Waals surface area contributed by atoms with Gasteiger partial charge in [-0.2, -0.15) is 0 Å². The van der Waals surface area contributed by atoms with E-state index in [1.807, 2.05) is 19.9 Å². The molecule has 4 nitrogen and oxygen atoms in total. The van der Waals surface area contributed by atoms with Crippen LogP contribution in [0.3, 0.4) is 0 Å². The summed E-state index contributed by atoms with van der Waals surface area (Å²) in [5, 5.41) is 11.2. The van der Waals surface area contributed by atoms with Crippen molar-refractivity contribution in [2.75, 3.05) is 5.73 Å². The molecule has 2 rings (SSSR count). The molecule has 0 amide bonds. The number of hydrogen-bond acceptors (Lipinski definition) is 4. The van der Waals surface area contributed by atoms with Crippen LogP contribution in [0.5, 0.6) is 0 Å². The molecule has 19 heavy (non-hydrogen) atoms. The molecule has 1 unspecified atom stereocenters. The zero-order valence-electron chi connectivity index (χ0n) is 11.1. The molecular formula is C14H16ClN3O. The number of aromatic nitrogens is 2. The highest BCUT2D eigenvalue weighted by molar-refractivity contribution is 6.33. The van der Waals surface area contributed by atoms with Crippen molar-refractivity contribution in [3.63, 3.8) is 0 Å². The van der Waals surface area contributed by atoms with Gasteiger partial charge in [-0.1, -0.05) is 23.7 Å². The average molecular weight is 278 g/mol. The van der Waals surface area contributed by atoms with Crippen molar-refractivity contribution in [1.29, 1.82) is 0 Å². The number of hydrogen-bond donors (Lipinski definition) is 2. The van der Waals surface area contributed by atoms with Crippen molar-refractivity contribution in [2.45, 2.75) is 26.4 Å². The number of aliphatic hydroxyl groups is 1. The van der Waals surface area contributed by atoms with Gasteiger partial charge < -0.3 is 10.8 Å². The van der Waals surface area contributed by atoms with Gasteiger partial charge in [0.05, 0.1) is 10.7 Å². The summed E-state index contributed by atoms with van der Waals surface area (Å²) in [6.07, 6.45) is 0. The zero-order chi connectivity index (χ0) is 14.2. The van der Waals surface area contributed by atoms with E-state index in [4.69, 9.17) is 17.3 Å². The molecule has 0 aliphatic heterocycles. The van der Waals surface area contributed by atoms with Gasteiger partial charge in [-0.15, -0.1) is 0 Å². The minimum absolute atomic E-state index is 0.318. The molecule has 0 bridgehead atoms. The smallest absolute Gasteiger partial charge is 0.164 e. The zero-order valence-corrected chi connectivity index (χ0v) is 11.9. The SMILES string of the molecule is Cc1cc(C)nc(C(C)(O)c2cccc(Cl)c2N)n1. The second kappa shape index (κ2) is 4.79. The molecular weight excluding hydrogens is 262 g/mol. The Morgan fingerprint density at radius 2 is 1.79 bits per heavy atom. The van der Waals surface area contributed by atoms with E-state index in [-0.39, 0.29) is 0 Å². The van der Waals surface area contributed by atoms with E-state index in [0.29, 0.717) is 22.1 Å². The Balaban J connectivity index is 2.61. The lowest BCUT2D eigenvalue weighted by atomic mass is 9.93. The highest BCUT2D eigenvalue weighted by atomic mass is 35.5. The van der Waals surface area contributed by atoms with E-state index in [1.165, 1.54) is 0 Å². The fourth-order valence-corrected chi connectivity index (χ4v) is 2.20. The summed E-state index contributed by atoms with van der Waals surface area (Å²) < 4.78 is 0. The molecule has 0 spiro atoms. The van der Waals surface area contributed by atoms with Gasteiger partial charge in [0.15, 0.2) is 5.82 Å². The third-order valence-corrected chi connectivity index (χ3v) is 3.32. The monoisotopic (exact) mass is 277 g/mol. The van der Waals surface area contributed by atoms with Crippen LogP contribution in [0.2, 0.25) is 5.02 Å². The lowest BCUT2D eigenvalue weighted by Crippen LogP contribution is -2.27. The molecule has 0 aliphatic rings. The maximum absolute atomic E-state index is 10.7. The summed E-state index contributed by atoms with van der Waals surface area (Å²) in [7, 11) is 0. The molecule has 1 aromatic heterocycles. The molecule has 0 aliphatic carbocycles. The van der Waals surface area contributed by atoms with Crippen LogP contribution >= 0.6 is 11.6 Å². The van der Waals surface area contributed by atoms with Crippen LogP contribution in [-0.4, -0.2) is 15.1 Å². The second-order valence-corrected chi connectivity index (χ2v) is 5.15. The summed E-state index contributed by atoms with van der Waals surface area (Å²) in [4.78, 5) is 8.59. The van der Waals surface area contributed by atoms with E-state index in [9.17, 15) is 5.11 Å². The van der Waals surface area contributed by atoms with E-state index in [0.717, 1.165) is 11.4 Å². The van der Waals surface area contributed by atoms with E-state index in [2.05, 4.69) is 9.97 Å². The maximum atomic E-state index is 10.7. The van der Waals surface area contributed by atoms with Crippen molar-refractivity contribution < 1.29 is 5.11 Å². The molecule has 2 aromatic rings. The molecule has 0 saturated heterocycles. The summed E-state index contributed by atoms with van der Waals surface area (Å²) in [6.45, 7) is 5.33. The van der Waals surface area contributed by atoms with E-state index >= 15 is 0 Å². The molecule has 0 radical (unpaired) electrons. The first kappa shape index (κ1) is 13.8. The van der Waals surface area contributed by atoms with Crippen molar-refractivity contribution in [2.24, 2.45) is 0 Å². The third kappa shape index (κ3) is 2.55. The first-order chi connectivity index (χ1) is 8.82. The number of halogens is 1. The first-order valence-corrected chi connectivity index (χ1v) is 6.30. The van der Waals surface area contributed by atoms with Gasteiger partial charge in [0.2, 0.25) is 0 Å². The molecule has 1 heterocycles. The molecule has 100 valence electrons. The fraction of sp³-hybridized carbons (Fsp3) is 0.286. The largest absolute Gasteiger partial charge is 0.397 e. The fourth-order valence-electron chi connectivity index (χ4n) is 2.03. The number of nitrogen functional groups attached to an aromatic ring is 1. The number of para-hydroxylation sites is 1. The van der Waals surface area contributed by atoms with Gasteiger partial charge >= 0.3 is 0 Å². The Kier molecular flexibility index (Phi) is 3.47. The molecule has 3 N–H and O–H groups in total. The van der Waals surface area contributed by atoms with Gasteiger partial charge in [0, 0.05) is 17.0 Å². The third-order valence-electron chi connectivity index (χ3n) is 3.00. The average Bonchev–Trinajstić information content (AvgIpc) is 2.31. The van der Waals surface area contributed by atoms with Crippen molar-refractivity contribution in [1.82, 2.24) is 9.97 Å². The Morgan fingerprint density at radius 3 is 2.37 bits per heavy atom. The molecule has 1 aromatic carbocycles. The van der Waals surface area contributed by atoms with Crippen molar-refractivity contribution in [3.8, 4) is 0 Å². The highest BCUT2D eigenvalue weighted by Crippen LogP contribution is 2.34. The Labute approximate surface area is 117 Å². The minimum atomic E-state index is -1.38. The van der Waals surface area contributed by atoms with E-state index in [1.54, 1.807) is 25.1 Å². The molecule has 0 fully saturated rings. The Hall–Kier alpha value is -1.65. The van der Waals surface area contributed by atoms with Crippen LogP contribution in [0.15, 0.2) is 24.3 Å². The summed E-state index contributed by atoms with van der Waals surface area (Å²) in [5.74, 6) is 0.318. The summed E-state index contributed by atoms with van der Waals surface area (Å²) in [5.41, 5.74) is 6.99. The number of anilines is 1. The summed E-state index contributed by atoms with van der Waals surface area (Å²) >= 11 is 5.99. The van der Waals surface area contributed by atoms with Crippen molar-refractivity contribution in [3.05, 3.63) is 52.1 Å². The Bertz CT molecular complexity index is 606. The van der Waals surface area contributed by atoms with Crippen LogP contribution in [0.4, 0.5) is 5.69 Å². The lowest BCUT2D eigenvalue weighted by Gasteiger charge is -2.24. The molecule has 0 saturated carbocycles. The van der Waals surface area contributed by atoms with Gasteiger partial charge in [0.1, 0.15) is 5.60 Å². The Morgan fingerprint density at radius 1 is 1.21 bits per heavy atom. The van der Waals surface area contributed by atoms with Crippen LogP contribution in [0, 0.1) is 13.8 Å². The van der Waals surface area contributed by atoms with Gasteiger partial charge in [-0.3, -0.25) is 0 Å². The number of aryl methyl sites for hydroxylation is 2.